The molecule has 1 aliphatic heterocycles. The average molecular weight is 312 g/mol. The number of piperidine rings is 1. The van der Waals surface area contributed by atoms with E-state index >= 15 is 0 Å². The van der Waals surface area contributed by atoms with E-state index in [9.17, 15) is 9.90 Å². The van der Waals surface area contributed by atoms with Crippen molar-refractivity contribution >= 4 is 28.2 Å². The second-order valence-electron chi connectivity index (χ2n) is 5.51. The topological polar surface area (TPSA) is 91.5 Å². The quantitative estimate of drug-likeness (QED) is 0.694. The molecule has 2 rings (SSSR count). The van der Waals surface area contributed by atoms with Gasteiger partial charge in [0.1, 0.15) is 10.7 Å². The molecule has 21 heavy (non-hydrogen) atoms. The number of carbonyl (C=O) groups is 1. The molecule has 1 unspecified atom stereocenters. The highest BCUT2D eigenvalue weighted by molar-refractivity contribution is 7.18. The number of nitrogen functional groups attached to an aromatic ring is 1. The fourth-order valence-corrected chi connectivity index (χ4v) is 3.34. The van der Waals surface area contributed by atoms with Gasteiger partial charge in [0.15, 0.2) is 5.13 Å². The van der Waals surface area contributed by atoms with Crippen LogP contribution in [0.5, 0.6) is 0 Å². The van der Waals surface area contributed by atoms with Crippen molar-refractivity contribution in [1.82, 2.24) is 10.3 Å². The Kier molecular flexibility index (Phi) is 5.81. The van der Waals surface area contributed by atoms with Gasteiger partial charge in [-0.1, -0.05) is 11.3 Å². The predicted octanol–water partition coefficient (Wildman–Crippen LogP) is 1.61. The molecule has 1 atom stereocenters. The van der Waals surface area contributed by atoms with Gasteiger partial charge in [0.25, 0.3) is 5.91 Å². The fraction of sp³-hybridized carbons (Fsp3) is 0.714. The van der Waals surface area contributed by atoms with Crippen molar-refractivity contribution in [3.05, 3.63) is 4.88 Å². The van der Waals surface area contributed by atoms with E-state index in [0.717, 1.165) is 24.6 Å². The van der Waals surface area contributed by atoms with Gasteiger partial charge in [-0.05, 0) is 39.0 Å². The van der Waals surface area contributed by atoms with Crippen LogP contribution in [0, 0.1) is 0 Å². The lowest BCUT2D eigenvalue weighted by Crippen LogP contribution is -2.29. The summed E-state index contributed by atoms with van der Waals surface area (Å²) >= 11 is 1.37. The number of aromatic nitrogens is 1. The van der Waals surface area contributed by atoms with Crippen molar-refractivity contribution in [2.24, 2.45) is 0 Å². The van der Waals surface area contributed by atoms with Crippen molar-refractivity contribution in [3.8, 4) is 0 Å². The van der Waals surface area contributed by atoms with Gasteiger partial charge < -0.3 is 21.1 Å². The minimum Gasteiger partial charge on any atom is -0.393 e. The summed E-state index contributed by atoms with van der Waals surface area (Å²) in [6, 6.07) is 0. The summed E-state index contributed by atoms with van der Waals surface area (Å²) in [5, 5.41) is 12.9. The Morgan fingerprint density at radius 1 is 1.48 bits per heavy atom. The number of rotatable bonds is 6. The third-order valence-electron chi connectivity index (χ3n) is 3.56. The summed E-state index contributed by atoms with van der Waals surface area (Å²) < 4.78 is 0. The molecule has 0 aliphatic carbocycles. The number of thiazole rings is 1. The number of aliphatic hydroxyl groups is 1. The highest BCUT2D eigenvalue weighted by Crippen LogP contribution is 2.29. The molecule has 1 fully saturated rings. The fourth-order valence-electron chi connectivity index (χ4n) is 2.38. The number of nitrogens with zero attached hydrogens (tertiary/aromatic N) is 2. The Morgan fingerprint density at radius 3 is 2.86 bits per heavy atom. The number of aliphatic hydroxyl groups excluding tert-OH is 1. The summed E-state index contributed by atoms with van der Waals surface area (Å²) in [6.45, 7) is 4.26. The van der Waals surface area contributed by atoms with E-state index in [4.69, 9.17) is 5.73 Å². The van der Waals surface area contributed by atoms with Crippen LogP contribution >= 0.6 is 11.3 Å². The number of nitrogens with one attached hydrogen (secondary N) is 1. The standard InChI is InChI=1S/C14H24N4O2S/c1-10(19)6-5-7-16-13(20)11-12(15)17-14(21-11)18-8-3-2-4-9-18/h10,19H,2-9,15H2,1H3,(H,16,20). The highest BCUT2D eigenvalue weighted by Gasteiger charge is 2.20. The van der Waals surface area contributed by atoms with Crippen LogP contribution in [-0.4, -0.2) is 41.7 Å². The third kappa shape index (κ3) is 4.57. The molecule has 2 heterocycles. The van der Waals surface area contributed by atoms with Gasteiger partial charge >= 0.3 is 0 Å². The van der Waals surface area contributed by atoms with E-state index in [1.807, 2.05) is 0 Å². The first-order valence-corrected chi connectivity index (χ1v) is 8.37. The van der Waals surface area contributed by atoms with E-state index in [1.165, 1.54) is 30.6 Å². The smallest absolute Gasteiger partial charge is 0.265 e. The van der Waals surface area contributed by atoms with Gasteiger partial charge in [0, 0.05) is 19.6 Å². The molecule has 6 nitrogen and oxygen atoms in total. The van der Waals surface area contributed by atoms with E-state index < -0.39 is 0 Å². The molecule has 1 aromatic rings. The Balaban J connectivity index is 1.90. The molecule has 1 aliphatic rings. The first-order valence-electron chi connectivity index (χ1n) is 7.55. The van der Waals surface area contributed by atoms with Gasteiger partial charge in [-0.3, -0.25) is 4.79 Å². The molecule has 0 bridgehead atoms. The molecule has 118 valence electrons. The second kappa shape index (κ2) is 7.61. The van der Waals surface area contributed by atoms with Crippen LogP contribution in [0.25, 0.3) is 0 Å². The van der Waals surface area contributed by atoms with Crippen molar-refractivity contribution in [1.29, 1.82) is 0 Å². The van der Waals surface area contributed by atoms with E-state index in [0.29, 0.717) is 23.7 Å². The van der Waals surface area contributed by atoms with Crippen molar-refractivity contribution in [3.63, 3.8) is 0 Å². The van der Waals surface area contributed by atoms with Crippen molar-refractivity contribution in [2.75, 3.05) is 30.3 Å². The van der Waals surface area contributed by atoms with Crippen LogP contribution in [0.3, 0.4) is 0 Å². The third-order valence-corrected chi connectivity index (χ3v) is 4.69. The maximum Gasteiger partial charge on any atom is 0.265 e. The highest BCUT2D eigenvalue weighted by atomic mass is 32.1. The average Bonchev–Trinajstić information content (AvgIpc) is 2.86. The van der Waals surface area contributed by atoms with Gasteiger partial charge in [0.05, 0.1) is 6.10 Å². The van der Waals surface area contributed by atoms with Crippen LogP contribution in [0.1, 0.15) is 48.7 Å². The lowest BCUT2D eigenvalue weighted by molar-refractivity contribution is 0.0954. The maximum atomic E-state index is 12.1. The summed E-state index contributed by atoms with van der Waals surface area (Å²) in [6.07, 6.45) is 4.69. The molecule has 0 aromatic carbocycles. The van der Waals surface area contributed by atoms with E-state index in [1.54, 1.807) is 6.92 Å². The Hall–Kier alpha value is -1.34. The molecule has 4 N–H and O–H groups in total. The zero-order valence-electron chi connectivity index (χ0n) is 12.5. The Bertz CT molecular complexity index is 470. The largest absolute Gasteiger partial charge is 0.393 e. The van der Waals surface area contributed by atoms with Crippen molar-refractivity contribution < 1.29 is 9.90 Å². The molecular formula is C14H24N4O2S. The van der Waals surface area contributed by atoms with Gasteiger partial charge in [-0.2, -0.15) is 0 Å². The van der Waals surface area contributed by atoms with E-state index in [-0.39, 0.29) is 12.0 Å². The molecule has 1 aromatic heterocycles. The van der Waals surface area contributed by atoms with E-state index in [2.05, 4.69) is 15.2 Å². The number of anilines is 2. The summed E-state index contributed by atoms with van der Waals surface area (Å²) in [5.74, 6) is 0.146. The number of amides is 1. The van der Waals surface area contributed by atoms with Crippen LogP contribution in [-0.2, 0) is 0 Å². The lowest BCUT2D eigenvalue weighted by Gasteiger charge is -2.25. The number of hydrogen-bond acceptors (Lipinski definition) is 6. The summed E-state index contributed by atoms with van der Waals surface area (Å²) in [5.41, 5.74) is 5.87. The molecule has 1 amide bonds. The van der Waals surface area contributed by atoms with Crippen LogP contribution in [0.15, 0.2) is 0 Å². The first kappa shape index (κ1) is 16.0. The van der Waals surface area contributed by atoms with Gasteiger partial charge in [-0.25, -0.2) is 4.98 Å². The minimum atomic E-state index is -0.332. The lowest BCUT2D eigenvalue weighted by atomic mass is 10.1. The molecule has 1 saturated heterocycles. The number of carbonyl (C=O) groups excluding carboxylic acids is 1. The summed E-state index contributed by atoms with van der Waals surface area (Å²) in [7, 11) is 0. The maximum absolute atomic E-state index is 12.1. The van der Waals surface area contributed by atoms with Crippen LogP contribution in [0.2, 0.25) is 0 Å². The minimum absolute atomic E-state index is 0.168. The monoisotopic (exact) mass is 312 g/mol. The molecule has 0 saturated carbocycles. The Labute approximate surface area is 129 Å². The van der Waals surface area contributed by atoms with Crippen molar-refractivity contribution in [2.45, 2.75) is 45.1 Å². The SMILES string of the molecule is CC(O)CCCNC(=O)c1sc(N2CCCCC2)nc1N. The van der Waals surface area contributed by atoms with Crippen LogP contribution < -0.4 is 16.0 Å². The number of nitrogens with two attached hydrogens (primary N) is 1. The van der Waals surface area contributed by atoms with Gasteiger partial charge in [0.2, 0.25) is 0 Å². The number of hydrogen-bond donors (Lipinski definition) is 3. The zero-order valence-corrected chi connectivity index (χ0v) is 13.3. The first-order chi connectivity index (χ1) is 10.1. The van der Waals surface area contributed by atoms with Gasteiger partial charge in [-0.15, -0.1) is 0 Å². The molecule has 7 heteroatoms. The summed E-state index contributed by atoms with van der Waals surface area (Å²) in [4.78, 5) is 19.1. The Morgan fingerprint density at radius 2 is 2.19 bits per heavy atom. The molecular weight excluding hydrogens is 288 g/mol. The van der Waals surface area contributed by atoms with Crippen LogP contribution in [0.4, 0.5) is 10.9 Å². The second-order valence-corrected chi connectivity index (χ2v) is 6.48. The molecule has 0 radical (unpaired) electrons. The molecule has 0 spiro atoms. The zero-order chi connectivity index (χ0) is 15.2. The predicted molar refractivity (Wildman–Crippen MR) is 85.8 cm³/mol. The normalized spacial score (nSPS) is 16.8.